The van der Waals surface area contributed by atoms with Gasteiger partial charge >= 0.3 is 0 Å². The fourth-order valence-electron chi connectivity index (χ4n) is 1.80. The largest absolute Gasteiger partial charge is 0.292 e. The van der Waals surface area contributed by atoms with Crippen molar-refractivity contribution in [1.29, 1.82) is 0 Å². The summed E-state index contributed by atoms with van der Waals surface area (Å²) in [4.78, 5) is 14.5. The van der Waals surface area contributed by atoms with Gasteiger partial charge in [0.15, 0.2) is 0 Å². The molecular formula is C16H16N2O2. The number of hydrogen-bond donors (Lipinski definition) is 0. The minimum Gasteiger partial charge on any atom is -0.292 e. The molecule has 0 aliphatic carbocycles. The van der Waals surface area contributed by atoms with Crippen molar-refractivity contribution >= 4 is 11.9 Å². The predicted molar refractivity (Wildman–Crippen MR) is 80.4 cm³/mol. The van der Waals surface area contributed by atoms with Gasteiger partial charge in [-0.05, 0) is 24.5 Å². The van der Waals surface area contributed by atoms with Crippen LogP contribution in [0.5, 0.6) is 0 Å². The fraction of sp³-hybridized carbons (Fsp3) is 0.188. The highest BCUT2D eigenvalue weighted by Crippen LogP contribution is 2.12. The van der Waals surface area contributed by atoms with Crippen LogP contribution in [0.3, 0.4) is 0 Å². The number of nitro groups is 1. The molecule has 102 valence electrons. The van der Waals surface area contributed by atoms with Crippen LogP contribution in [0.4, 0.5) is 5.69 Å². The molecule has 2 aromatic carbocycles. The molecule has 4 heteroatoms. The van der Waals surface area contributed by atoms with Crippen molar-refractivity contribution in [1.82, 2.24) is 0 Å². The summed E-state index contributed by atoms with van der Waals surface area (Å²) in [6.07, 6.45) is 2.63. The second-order valence-corrected chi connectivity index (χ2v) is 4.62. The normalized spacial score (nSPS) is 10.8. The maximum absolute atomic E-state index is 10.5. The van der Waals surface area contributed by atoms with E-state index in [1.165, 1.54) is 17.7 Å². The smallest absolute Gasteiger partial charge is 0.269 e. The third kappa shape index (κ3) is 4.02. The quantitative estimate of drug-likeness (QED) is 0.473. The molecule has 0 radical (unpaired) electrons. The minimum atomic E-state index is -0.390. The Labute approximate surface area is 117 Å². The van der Waals surface area contributed by atoms with E-state index in [9.17, 15) is 10.1 Å². The molecule has 0 fully saturated rings. The lowest BCUT2D eigenvalue weighted by Gasteiger charge is -1.98. The van der Waals surface area contributed by atoms with Crippen molar-refractivity contribution in [3.8, 4) is 0 Å². The van der Waals surface area contributed by atoms with Crippen LogP contribution in [-0.4, -0.2) is 17.7 Å². The van der Waals surface area contributed by atoms with E-state index in [2.05, 4.69) is 24.0 Å². The highest BCUT2D eigenvalue weighted by atomic mass is 16.6. The van der Waals surface area contributed by atoms with Gasteiger partial charge in [0.1, 0.15) is 0 Å². The summed E-state index contributed by atoms with van der Waals surface area (Å²) in [5, 5.41) is 10.5. The molecule has 0 heterocycles. The molecule has 20 heavy (non-hydrogen) atoms. The number of rotatable bonds is 5. The first-order valence-corrected chi connectivity index (χ1v) is 6.45. The molecule has 0 unspecified atom stereocenters. The molecule has 2 aromatic rings. The zero-order valence-electron chi connectivity index (χ0n) is 11.3. The number of nitrogens with zero attached hydrogens (tertiary/aromatic N) is 2. The Bertz CT molecular complexity index is 601. The molecule has 4 nitrogen and oxygen atoms in total. The van der Waals surface area contributed by atoms with Gasteiger partial charge < -0.3 is 0 Å². The van der Waals surface area contributed by atoms with Gasteiger partial charge in [-0.15, -0.1) is 0 Å². The van der Waals surface area contributed by atoms with Crippen molar-refractivity contribution in [3.05, 3.63) is 75.3 Å². The summed E-state index contributed by atoms with van der Waals surface area (Å²) in [5.41, 5.74) is 3.49. The Balaban J connectivity index is 1.86. The second kappa shape index (κ2) is 6.61. The highest BCUT2D eigenvalue weighted by Gasteiger charge is 2.03. The third-order valence-electron chi connectivity index (χ3n) is 2.99. The lowest BCUT2D eigenvalue weighted by atomic mass is 10.1. The van der Waals surface area contributed by atoms with Crippen molar-refractivity contribution in [2.24, 2.45) is 4.99 Å². The lowest BCUT2D eigenvalue weighted by molar-refractivity contribution is -0.384. The molecule has 0 spiro atoms. The van der Waals surface area contributed by atoms with Gasteiger partial charge in [-0.3, -0.25) is 15.1 Å². The summed E-state index contributed by atoms with van der Waals surface area (Å²) in [7, 11) is 0. The summed E-state index contributed by atoms with van der Waals surface area (Å²) >= 11 is 0. The molecule has 0 saturated heterocycles. The summed E-state index contributed by atoms with van der Waals surface area (Å²) in [6.45, 7) is 2.72. The van der Waals surface area contributed by atoms with Gasteiger partial charge in [-0.2, -0.15) is 0 Å². The third-order valence-corrected chi connectivity index (χ3v) is 2.99. The van der Waals surface area contributed by atoms with Crippen LogP contribution >= 0.6 is 0 Å². The van der Waals surface area contributed by atoms with Crippen LogP contribution in [0.1, 0.15) is 16.7 Å². The number of aryl methyl sites for hydroxylation is 1. The molecule has 0 bridgehead atoms. The van der Waals surface area contributed by atoms with Crippen LogP contribution in [0.25, 0.3) is 0 Å². The van der Waals surface area contributed by atoms with Gasteiger partial charge in [0.05, 0.1) is 4.92 Å². The second-order valence-electron chi connectivity index (χ2n) is 4.62. The van der Waals surface area contributed by atoms with E-state index in [-0.39, 0.29) is 10.6 Å². The van der Waals surface area contributed by atoms with Crippen molar-refractivity contribution in [3.63, 3.8) is 0 Å². The van der Waals surface area contributed by atoms with Crippen molar-refractivity contribution < 1.29 is 4.92 Å². The predicted octanol–water partition coefficient (Wildman–Crippen LogP) is 3.56. The van der Waals surface area contributed by atoms with E-state index in [4.69, 9.17) is 0 Å². The molecular weight excluding hydrogens is 252 g/mol. The van der Waals surface area contributed by atoms with E-state index in [0.717, 1.165) is 17.5 Å². The zero-order chi connectivity index (χ0) is 14.4. The maximum Gasteiger partial charge on any atom is 0.269 e. The van der Waals surface area contributed by atoms with Crippen LogP contribution in [0.15, 0.2) is 53.5 Å². The number of non-ortho nitro benzene ring substituents is 1. The molecule has 0 saturated carbocycles. The molecule has 0 atom stereocenters. The topological polar surface area (TPSA) is 55.5 Å². The van der Waals surface area contributed by atoms with Gasteiger partial charge in [0.2, 0.25) is 0 Å². The molecule has 0 N–H and O–H groups in total. The average Bonchev–Trinajstić information content (AvgIpc) is 2.46. The Morgan fingerprint density at radius 3 is 2.35 bits per heavy atom. The average molecular weight is 268 g/mol. The first kappa shape index (κ1) is 13.9. The molecule has 0 aliphatic heterocycles. The van der Waals surface area contributed by atoms with Crippen molar-refractivity contribution in [2.45, 2.75) is 13.3 Å². The van der Waals surface area contributed by atoms with E-state index < -0.39 is 0 Å². The lowest BCUT2D eigenvalue weighted by Crippen LogP contribution is -1.92. The Kier molecular flexibility index (Phi) is 4.60. The van der Waals surface area contributed by atoms with E-state index in [1.54, 1.807) is 12.1 Å². The number of hydrogen-bond acceptors (Lipinski definition) is 3. The summed E-state index contributed by atoms with van der Waals surface area (Å²) < 4.78 is 0. The van der Waals surface area contributed by atoms with Crippen LogP contribution in [0.2, 0.25) is 0 Å². The molecule has 0 aliphatic rings. The van der Waals surface area contributed by atoms with Crippen LogP contribution < -0.4 is 0 Å². The van der Waals surface area contributed by atoms with E-state index in [1.807, 2.05) is 18.3 Å². The number of aliphatic imine (C=N–C) groups is 1. The SMILES string of the molecule is Cc1ccc(C=NCCc2ccc([N+](=O)[O-])cc2)cc1. The standard InChI is InChI=1S/C16H16N2O2/c1-13-2-4-15(5-3-13)12-17-11-10-14-6-8-16(9-7-14)18(19)20/h2-9,12H,10-11H2,1H3. The first-order valence-electron chi connectivity index (χ1n) is 6.45. The van der Waals surface area contributed by atoms with Gasteiger partial charge in [-0.25, -0.2) is 0 Å². The highest BCUT2D eigenvalue weighted by molar-refractivity contribution is 5.79. The summed E-state index contributed by atoms with van der Waals surface area (Å²) in [5.74, 6) is 0. The van der Waals surface area contributed by atoms with Gasteiger partial charge in [0, 0.05) is 24.9 Å². The van der Waals surface area contributed by atoms with Crippen molar-refractivity contribution in [2.75, 3.05) is 6.54 Å². The summed E-state index contributed by atoms with van der Waals surface area (Å²) in [6, 6.07) is 14.8. The van der Waals surface area contributed by atoms with Crippen LogP contribution in [-0.2, 0) is 6.42 Å². The van der Waals surface area contributed by atoms with E-state index in [0.29, 0.717) is 6.54 Å². The zero-order valence-corrected chi connectivity index (χ0v) is 11.3. The monoisotopic (exact) mass is 268 g/mol. The minimum absolute atomic E-state index is 0.122. The van der Waals surface area contributed by atoms with Gasteiger partial charge in [-0.1, -0.05) is 42.0 Å². The number of benzene rings is 2. The molecule has 0 amide bonds. The van der Waals surface area contributed by atoms with Crippen LogP contribution in [0, 0.1) is 17.0 Å². The molecule has 2 rings (SSSR count). The first-order chi connectivity index (χ1) is 9.65. The van der Waals surface area contributed by atoms with E-state index >= 15 is 0 Å². The Morgan fingerprint density at radius 2 is 1.75 bits per heavy atom. The fourth-order valence-corrected chi connectivity index (χ4v) is 1.80. The van der Waals surface area contributed by atoms with Gasteiger partial charge in [0.25, 0.3) is 5.69 Å². The number of nitro benzene ring substituents is 1. The maximum atomic E-state index is 10.5. The Morgan fingerprint density at radius 1 is 1.10 bits per heavy atom. The molecule has 0 aromatic heterocycles. The Hall–Kier alpha value is -2.49.